The molecule has 1 aliphatic rings. The number of imide groups is 1. The molecule has 0 fully saturated rings. The first-order valence-corrected chi connectivity index (χ1v) is 8.84. The highest BCUT2D eigenvalue weighted by atomic mass is 16.4. The van der Waals surface area contributed by atoms with Crippen LogP contribution in [-0.2, 0) is 0 Å². The molecule has 1 aliphatic heterocycles. The molecule has 7 nitrogen and oxygen atoms in total. The molecule has 0 saturated heterocycles. The Balaban J connectivity index is 1.84. The molecule has 0 aromatic heterocycles. The van der Waals surface area contributed by atoms with Crippen molar-refractivity contribution in [2.45, 2.75) is 20.8 Å². The van der Waals surface area contributed by atoms with E-state index in [0.29, 0.717) is 23.4 Å². The summed E-state index contributed by atoms with van der Waals surface area (Å²) < 4.78 is 0. The lowest BCUT2D eigenvalue weighted by molar-refractivity contribution is 0.0633. The van der Waals surface area contributed by atoms with Crippen molar-refractivity contribution >= 4 is 29.4 Å². The zero-order valence-corrected chi connectivity index (χ0v) is 15.8. The smallest absolute Gasteiger partial charge is 0.335 e. The molecule has 2 aromatic rings. The normalized spacial score (nSPS) is 13.1. The van der Waals surface area contributed by atoms with Gasteiger partial charge in [0.15, 0.2) is 0 Å². The van der Waals surface area contributed by atoms with E-state index in [9.17, 15) is 19.2 Å². The van der Waals surface area contributed by atoms with Crippen LogP contribution in [0.5, 0.6) is 0 Å². The summed E-state index contributed by atoms with van der Waals surface area (Å²) in [6, 6.07) is 8.80. The van der Waals surface area contributed by atoms with E-state index in [-0.39, 0.29) is 28.5 Å². The summed E-state index contributed by atoms with van der Waals surface area (Å²) in [4.78, 5) is 49.8. The number of rotatable bonds is 5. The summed E-state index contributed by atoms with van der Waals surface area (Å²) in [5.74, 6) is -2.10. The lowest BCUT2D eigenvalue weighted by Crippen LogP contribution is -2.33. The molecule has 3 rings (SSSR count). The summed E-state index contributed by atoms with van der Waals surface area (Å²) in [6.45, 7) is 5.85. The summed E-state index contributed by atoms with van der Waals surface area (Å²) in [5.41, 5.74) is 1.96. The predicted octanol–water partition coefficient (Wildman–Crippen LogP) is 3.20. The van der Waals surface area contributed by atoms with Crippen molar-refractivity contribution in [3.05, 3.63) is 64.2 Å². The maximum Gasteiger partial charge on any atom is 0.335 e. The maximum absolute atomic E-state index is 12.6. The Morgan fingerprint density at radius 2 is 1.64 bits per heavy atom. The van der Waals surface area contributed by atoms with Crippen molar-refractivity contribution in [1.29, 1.82) is 0 Å². The molecule has 2 N–H and O–H groups in total. The van der Waals surface area contributed by atoms with E-state index in [1.807, 2.05) is 13.8 Å². The van der Waals surface area contributed by atoms with E-state index < -0.39 is 17.8 Å². The van der Waals surface area contributed by atoms with Crippen molar-refractivity contribution in [3.63, 3.8) is 0 Å². The van der Waals surface area contributed by atoms with Crippen LogP contribution in [0.3, 0.4) is 0 Å². The molecule has 144 valence electrons. The molecular weight excluding hydrogens is 360 g/mol. The average molecular weight is 380 g/mol. The van der Waals surface area contributed by atoms with Crippen molar-refractivity contribution in [2.75, 3.05) is 11.9 Å². The highest BCUT2D eigenvalue weighted by molar-refractivity contribution is 6.22. The number of carboxylic acid groups (broad SMARTS) is 1. The van der Waals surface area contributed by atoms with Gasteiger partial charge >= 0.3 is 5.97 Å². The van der Waals surface area contributed by atoms with Crippen LogP contribution in [0.25, 0.3) is 0 Å². The third kappa shape index (κ3) is 3.51. The van der Waals surface area contributed by atoms with Gasteiger partial charge < -0.3 is 10.4 Å². The number of benzene rings is 2. The summed E-state index contributed by atoms with van der Waals surface area (Å²) in [7, 11) is 0. The van der Waals surface area contributed by atoms with Crippen LogP contribution in [0.1, 0.15) is 60.8 Å². The van der Waals surface area contributed by atoms with Crippen LogP contribution < -0.4 is 5.32 Å². The van der Waals surface area contributed by atoms with Crippen LogP contribution in [0.4, 0.5) is 5.69 Å². The third-order valence-electron chi connectivity index (χ3n) is 4.50. The number of carbonyl (C=O) groups is 4. The van der Waals surface area contributed by atoms with E-state index in [0.717, 1.165) is 0 Å². The van der Waals surface area contributed by atoms with Gasteiger partial charge in [0.1, 0.15) is 0 Å². The fourth-order valence-electron chi connectivity index (χ4n) is 3.09. The van der Waals surface area contributed by atoms with Gasteiger partial charge in [-0.15, -0.1) is 0 Å². The SMILES string of the molecule is Cc1cc(C(=O)O)ccc1NC(=O)c1ccc2c(c1)C(=O)N(CC(C)C)C2=O. The number of aryl methyl sites for hydroxylation is 1. The van der Waals surface area contributed by atoms with E-state index >= 15 is 0 Å². The standard InChI is InChI=1S/C21H20N2O5/c1-11(2)10-23-19(25)15-6-4-13(9-16(15)20(23)26)18(24)22-17-7-5-14(21(27)28)8-12(17)3/h4-9,11H,10H2,1-3H3,(H,22,24)(H,27,28). The first kappa shape index (κ1) is 19.3. The second kappa shape index (κ2) is 7.26. The summed E-state index contributed by atoms with van der Waals surface area (Å²) in [6.07, 6.45) is 0. The van der Waals surface area contributed by atoms with Gasteiger partial charge in [0.2, 0.25) is 0 Å². The number of carbonyl (C=O) groups excluding carboxylic acids is 3. The molecule has 7 heteroatoms. The highest BCUT2D eigenvalue weighted by Crippen LogP contribution is 2.25. The number of hydrogen-bond donors (Lipinski definition) is 2. The molecule has 0 bridgehead atoms. The molecule has 1 heterocycles. The second-order valence-electron chi connectivity index (χ2n) is 7.16. The first-order chi connectivity index (χ1) is 13.2. The molecule has 28 heavy (non-hydrogen) atoms. The number of anilines is 1. The zero-order valence-electron chi connectivity index (χ0n) is 15.8. The topological polar surface area (TPSA) is 104 Å². The lowest BCUT2D eigenvalue weighted by atomic mass is 10.0. The van der Waals surface area contributed by atoms with Crippen LogP contribution >= 0.6 is 0 Å². The van der Waals surface area contributed by atoms with Gasteiger partial charge in [-0.1, -0.05) is 13.8 Å². The van der Waals surface area contributed by atoms with Crippen LogP contribution in [0.15, 0.2) is 36.4 Å². The number of amides is 3. The number of nitrogens with one attached hydrogen (secondary N) is 1. The number of nitrogens with zero attached hydrogens (tertiary/aromatic N) is 1. The van der Waals surface area contributed by atoms with E-state index in [4.69, 9.17) is 5.11 Å². The Labute approximate surface area is 162 Å². The number of hydrogen-bond acceptors (Lipinski definition) is 4. The Hall–Kier alpha value is -3.48. The highest BCUT2D eigenvalue weighted by Gasteiger charge is 2.36. The second-order valence-corrected chi connectivity index (χ2v) is 7.16. The Morgan fingerprint density at radius 3 is 2.25 bits per heavy atom. The molecule has 3 amide bonds. The molecule has 0 aliphatic carbocycles. The summed E-state index contributed by atoms with van der Waals surface area (Å²) >= 11 is 0. The van der Waals surface area contributed by atoms with E-state index in [1.165, 1.54) is 41.3 Å². The number of aromatic carboxylic acids is 1. The summed E-state index contributed by atoms with van der Waals surface area (Å²) in [5, 5.41) is 11.7. The minimum absolute atomic E-state index is 0.127. The van der Waals surface area contributed by atoms with Crippen molar-refractivity contribution in [1.82, 2.24) is 4.90 Å². The van der Waals surface area contributed by atoms with Crippen LogP contribution in [-0.4, -0.2) is 40.2 Å². The van der Waals surface area contributed by atoms with Crippen molar-refractivity contribution in [2.24, 2.45) is 5.92 Å². The number of carboxylic acids is 1. The van der Waals surface area contributed by atoms with Gasteiger partial charge in [0.25, 0.3) is 17.7 Å². The molecular formula is C21H20N2O5. The molecule has 0 saturated carbocycles. The first-order valence-electron chi connectivity index (χ1n) is 8.84. The van der Waals surface area contributed by atoms with E-state index in [1.54, 1.807) is 6.92 Å². The lowest BCUT2D eigenvalue weighted by Gasteiger charge is -2.15. The van der Waals surface area contributed by atoms with Gasteiger partial charge in [0.05, 0.1) is 16.7 Å². The fourth-order valence-corrected chi connectivity index (χ4v) is 3.09. The largest absolute Gasteiger partial charge is 0.478 e. The van der Waals surface area contributed by atoms with Gasteiger partial charge in [-0.25, -0.2) is 4.79 Å². The maximum atomic E-state index is 12.6. The Bertz CT molecular complexity index is 1010. The number of fused-ring (bicyclic) bond motifs is 1. The molecule has 2 aromatic carbocycles. The van der Waals surface area contributed by atoms with Crippen molar-refractivity contribution < 1.29 is 24.3 Å². The molecule has 0 unspecified atom stereocenters. The van der Waals surface area contributed by atoms with Crippen LogP contribution in [0.2, 0.25) is 0 Å². The van der Waals surface area contributed by atoms with E-state index in [2.05, 4.69) is 5.32 Å². The zero-order chi connectivity index (χ0) is 20.6. The van der Waals surface area contributed by atoms with Gasteiger partial charge in [-0.2, -0.15) is 0 Å². The molecule has 0 atom stereocenters. The predicted molar refractivity (Wildman–Crippen MR) is 103 cm³/mol. The monoisotopic (exact) mass is 380 g/mol. The van der Waals surface area contributed by atoms with Crippen LogP contribution in [0, 0.1) is 12.8 Å². The fraction of sp³-hybridized carbons (Fsp3) is 0.238. The minimum Gasteiger partial charge on any atom is -0.478 e. The average Bonchev–Trinajstić information content (AvgIpc) is 2.87. The van der Waals surface area contributed by atoms with Gasteiger partial charge in [0, 0.05) is 17.8 Å². The minimum atomic E-state index is -1.05. The molecule has 0 spiro atoms. The van der Waals surface area contributed by atoms with Gasteiger partial charge in [-0.05, 0) is 54.8 Å². The Morgan fingerprint density at radius 1 is 1.00 bits per heavy atom. The molecule has 0 radical (unpaired) electrons. The van der Waals surface area contributed by atoms with Gasteiger partial charge in [-0.3, -0.25) is 19.3 Å². The Kier molecular flexibility index (Phi) is 5.00. The van der Waals surface area contributed by atoms with Crippen molar-refractivity contribution in [3.8, 4) is 0 Å². The quantitative estimate of drug-likeness (QED) is 0.775. The third-order valence-corrected chi connectivity index (χ3v) is 4.50.